The molecule has 0 aliphatic heterocycles. The van der Waals surface area contributed by atoms with Crippen LogP contribution in [-0.2, 0) is 6.18 Å². The van der Waals surface area contributed by atoms with Crippen LogP contribution in [0.15, 0.2) is 10.9 Å². The molecule has 0 unspecified atom stereocenters. The summed E-state index contributed by atoms with van der Waals surface area (Å²) in [6.45, 7) is 0. The van der Waals surface area contributed by atoms with Gasteiger partial charge >= 0.3 is 18.4 Å². The summed E-state index contributed by atoms with van der Waals surface area (Å²) in [5.74, 6) is -3.52. The molecule has 1 aromatic heterocycles. The zero-order valence-electron chi connectivity index (χ0n) is 8.43. The molecule has 0 aromatic carbocycles. The molecule has 0 aliphatic rings. The Kier molecular flexibility index (Phi) is 3.45. The van der Waals surface area contributed by atoms with Crippen molar-refractivity contribution in [1.29, 1.82) is 0 Å². The van der Waals surface area contributed by atoms with Gasteiger partial charge in [0.2, 0.25) is 11.2 Å². The number of nitrogens with one attached hydrogen (secondary N) is 1. The molecule has 106 valence electrons. The third-order valence-corrected chi connectivity index (χ3v) is 1.67. The van der Waals surface area contributed by atoms with Crippen LogP contribution in [0, 0.1) is 10.1 Å². The maximum atomic E-state index is 12.4. The Morgan fingerprint density at radius 2 is 1.74 bits per heavy atom. The molecule has 0 aliphatic carbocycles. The molecule has 0 saturated heterocycles. The largest absolute Gasteiger partial charge is 0.573 e. The molecule has 0 amide bonds. The normalized spacial score (nSPS) is 12.3. The van der Waals surface area contributed by atoms with Crippen LogP contribution < -0.4 is 10.2 Å². The molecule has 6 nitrogen and oxygen atoms in total. The van der Waals surface area contributed by atoms with E-state index in [1.54, 1.807) is 0 Å². The highest BCUT2D eigenvalue weighted by atomic mass is 19.4. The van der Waals surface area contributed by atoms with Crippen LogP contribution in [0.1, 0.15) is 5.69 Å². The number of aromatic amines is 1. The molecule has 1 N–H and O–H groups in total. The van der Waals surface area contributed by atoms with Gasteiger partial charge in [0.1, 0.15) is 0 Å². The van der Waals surface area contributed by atoms with Gasteiger partial charge in [-0.3, -0.25) is 4.79 Å². The second-order valence-corrected chi connectivity index (χ2v) is 3.03. The van der Waals surface area contributed by atoms with Gasteiger partial charge in [-0.1, -0.05) is 0 Å². The van der Waals surface area contributed by atoms with Gasteiger partial charge in [0.05, 0.1) is 6.07 Å². The first kappa shape index (κ1) is 14.8. The van der Waals surface area contributed by atoms with Gasteiger partial charge in [-0.2, -0.15) is 13.2 Å². The number of alkyl halides is 6. The summed E-state index contributed by atoms with van der Waals surface area (Å²) in [5.41, 5.74) is -4.21. The standard InChI is InChI=1S/C7H2F6N2O4/c8-6(9,10)5-4(19-7(11,12)13)2(16)1-3(14-5)15(17)18/h1H,(H,14,16). The van der Waals surface area contributed by atoms with Crippen molar-refractivity contribution in [3.05, 3.63) is 32.1 Å². The van der Waals surface area contributed by atoms with Crippen molar-refractivity contribution >= 4 is 5.82 Å². The van der Waals surface area contributed by atoms with Crippen LogP contribution >= 0.6 is 0 Å². The summed E-state index contributed by atoms with van der Waals surface area (Å²) in [6, 6.07) is -0.0453. The lowest BCUT2D eigenvalue weighted by Gasteiger charge is -2.12. The maximum Gasteiger partial charge on any atom is 0.573 e. The van der Waals surface area contributed by atoms with Crippen molar-refractivity contribution < 1.29 is 36.0 Å². The van der Waals surface area contributed by atoms with Gasteiger partial charge in [0.25, 0.3) is 5.69 Å². The first-order valence-corrected chi connectivity index (χ1v) is 4.16. The third-order valence-electron chi connectivity index (χ3n) is 1.67. The fraction of sp³-hybridized carbons (Fsp3) is 0.286. The van der Waals surface area contributed by atoms with Crippen LogP contribution in [0.5, 0.6) is 5.75 Å². The second-order valence-electron chi connectivity index (χ2n) is 3.03. The molecule has 12 heteroatoms. The second kappa shape index (κ2) is 4.44. The quantitative estimate of drug-likeness (QED) is 0.514. The lowest BCUT2D eigenvalue weighted by molar-refractivity contribution is -0.390. The summed E-state index contributed by atoms with van der Waals surface area (Å²) in [4.78, 5) is 20.9. The van der Waals surface area contributed by atoms with Crippen LogP contribution in [0.25, 0.3) is 0 Å². The average molecular weight is 292 g/mol. The van der Waals surface area contributed by atoms with E-state index in [9.17, 15) is 41.3 Å². The van der Waals surface area contributed by atoms with Gasteiger partial charge in [0.15, 0.2) is 0 Å². The van der Waals surface area contributed by atoms with Crippen molar-refractivity contribution in [3.63, 3.8) is 0 Å². The van der Waals surface area contributed by atoms with E-state index in [1.165, 1.54) is 0 Å². The fourth-order valence-corrected chi connectivity index (χ4v) is 1.05. The third kappa shape index (κ3) is 3.59. The number of hydrogen-bond donors (Lipinski definition) is 1. The highest BCUT2D eigenvalue weighted by Gasteiger charge is 2.45. The van der Waals surface area contributed by atoms with E-state index in [0.717, 1.165) is 4.98 Å². The van der Waals surface area contributed by atoms with E-state index in [1.807, 2.05) is 0 Å². The maximum absolute atomic E-state index is 12.4. The lowest BCUT2D eigenvalue weighted by Crippen LogP contribution is -2.26. The molecule has 0 atom stereocenters. The van der Waals surface area contributed by atoms with Crippen LogP contribution in [-0.4, -0.2) is 16.3 Å². The number of nitrogens with zero attached hydrogens (tertiary/aromatic N) is 1. The van der Waals surface area contributed by atoms with Gasteiger partial charge in [-0.05, 0) is 4.92 Å². The van der Waals surface area contributed by atoms with Crippen molar-refractivity contribution in [3.8, 4) is 5.75 Å². The Morgan fingerprint density at radius 3 is 2.11 bits per heavy atom. The van der Waals surface area contributed by atoms with Gasteiger partial charge < -0.3 is 14.9 Å². The first-order chi connectivity index (χ1) is 8.42. The fourth-order valence-electron chi connectivity index (χ4n) is 1.05. The van der Waals surface area contributed by atoms with E-state index >= 15 is 0 Å². The SMILES string of the molecule is O=c1cc([N+](=O)[O-])[nH]c(C(F)(F)F)c1OC(F)(F)F. The number of aromatic nitrogens is 1. The monoisotopic (exact) mass is 292 g/mol. The topological polar surface area (TPSA) is 85.2 Å². The highest BCUT2D eigenvalue weighted by molar-refractivity contribution is 5.36. The molecule has 19 heavy (non-hydrogen) atoms. The minimum atomic E-state index is -5.55. The Balaban J connectivity index is 3.54. The lowest BCUT2D eigenvalue weighted by atomic mass is 10.3. The van der Waals surface area contributed by atoms with Crippen molar-refractivity contribution in [2.75, 3.05) is 0 Å². The number of ether oxygens (including phenoxy) is 1. The number of hydrogen-bond acceptors (Lipinski definition) is 4. The van der Waals surface area contributed by atoms with Crippen LogP contribution in [0.4, 0.5) is 32.2 Å². The van der Waals surface area contributed by atoms with Crippen molar-refractivity contribution in [2.45, 2.75) is 12.5 Å². The van der Waals surface area contributed by atoms with E-state index < -0.39 is 40.2 Å². The van der Waals surface area contributed by atoms with Crippen LogP contribution in [0.2, 0.25) is 0 Å². The summed E-state index contributed by atoms with van der Waals surface area (Å²) in [6.07, 6.45) is -11.0. The average Bonchev–Trinajstić information content (AvgIpc) is 2.16. The molecule has 0 bridgehead atoms. The van der Waals surface area contributed by atoms with Crippen LogP contribution in [0.3, 0.4) is 0 Å². The molecule has 0 fully saturated rings. The Labute approximate surface area is 98.3 Å². The van der Waals surface area contributed by atoms with E-state index in [-0.39, 0.29) is 6.07 Å². The number of halogens is 6. The Hall–Kier alpha value is -2.27. The first-order valence-electron chi connectivity index (χ1n) is 4.16. The minimum absolute atomic E-state index is 0.0453. The summed E-state index contributed by atoms with van der Waals surface area (Å²) in [7, 11) is 0. The van der Waals surface area contributed by atoms with E-state index in [2.05, 4.69) is 4.74 Å². The number of H-pyrrole nitrogens is 1. The zero-order valence-corrected chi connectivity index (χ0v) is 8.43. The number of rotatable bonds is 2. The summed E-state index contributed by atoms with van der Waals surface area (Å²) in [5, 5.41) is 10.2. The van der Waals surface area contributed by atoms with E-state index in [4.69, 9.17) is 0 Å². The predicted molar refractivity (Wildman–Crippen MR) is 45.4 cm³/mol. The van der Waals surface area contributed by atoms with Gasteiger partial charge in [-0.25, -0.2) is 4.98 Å². The molecule has 0 saturated carbocycles. The molecule has 0 spiro atoms. The molecular formula is C7H2F6N2O4. The number of pyridine rings is 1. The van der Waals surface area contributed by atoms with Gasteiger partial charge in [-0.15, -0.1) is 13.2 Å². The van der Waals surface area contributed by atoms with Gasteiger partial charge in [0, 0.05) is 0 Å². The van der Waals surface area contributed by atoms with E-state index in [0.29, 0.717) is 0 Å². The molecule has 1 rings (SSSR count). The highest BCUT2D eigenvalue weighted by Crippen LogP contribution is 2.35. The zero-order chi connectivity index (χ0) is 15.0. The smallest absolute Gasteiger partial charge is 0.397 e. The minimum Gasteiger partial charge on any atom is -0.397 e. The molecule has 1 aromatic rings. The summed E-state index contributed by atoms with van der Waals surface area (Å²) < 4.78 is 75.8. The molecule has 0 radical (unpaired) electrons. The van der Waals surface area contributed by atoms with Crippen molar-refractivity contribution in [1.82, 2.24) is 4.98 Å². The summed E-state index contributed by atoms with van der Waals surface area (Å²) >= 11 is 0. The Morgan fingerprint density at radius 1 is 1.21 bits per heavy atom. The predicted octanol–water partition coefficient (Wildman–Crippen LogP) is 2.20. The Bertz CT molecular complexity index is 560. The number of nitro groups is 1. The molecular weight excluding hydrogens is 290 g/mol. The molecule has 1 heterocycles. The van der Waals surface area contributed by atoms with Crippen molar-refractivity contribution in [2.24, 2.45) is 0 Å².